The van der Waals surface area contributed by atoms with E-state index in [0.717, 1.165) is 37.9 Å². The van der Waals surface area contributed by atoms with Crippen LogP contribution in [0, 0.1) is 5.41 Å². The minimum Gasteiger partial charge on any atom is -0.383 e. The molecule has 1 spiro atoms. The van der Waals surface area contributed by atoms with E-state index in [1.165, 1.54) is 0 Å². The monoisotopic (exact) mass is 348 g/mol. The van der Waals surface area contributed by atoms with Gasteiger partial charge in [0.1, 0.15) is 6.10 Å². The smallest absolute Gasteiger partial charge is 0.251 e. The lowest BCUT2D eigenvalue weighted by molar-refractivity contribution is -0.146. The predicted octanol–water partition coefficient (Wildman–Crippen LogP) is 0.954. The first kappa shape index (κ1) is 17.9. The molecule has 7 nitrogen and oxygen atoms in total. The number of hydrogen-bond donors (Lipinski definition) is 2. The second kappa shape index (κ2) is 7.56. The Balaban J connectivity index is 1.56. The van der Waals surface area contributed by atoms with Crippen LogP contribution in [0.15, 0.2) is 12.5 Å². The van der Waals surface area contributed by atoms with Gasteiger partial charge in [0, 0.05) is 50.9 Å². The molecule has 138 valence electrons. The Kier molecular flexibility index (Phi) is 5.42. The zero-order chi connectivity index (χ0) is 17.9. The molecule has 0 radical (unpaired) electrons. The maximum absolute atomic E-state index is 12.3. The van der Waals surface area contributed by atoms with Gasteiger partial charge in [-0.15, -0.1) is 0 Å². The number of H-pyrrole nitrogens is 1. The van der Waals surface area contributed by atoms with Gasteiger partial charge >= 0.3 is 0 Å². The zero-order valence-corrected chi connectivity index (χ0v) is 14.9. The van der Waals surface area contributed by atoms with Gasteiger partial charge in [-0.3, -0.25) is 9.59 Å². The molecule has 2 amide bonds. The number of nitrogens with one attached hydrogen (secondary N) is 1. The Morgan fingerprint density at radius 3 is 2.80 bits per heavy atom. The van der Waals surface area contributed by atoms with Crippen molar-refractivity contribution in [2.24, 2.45) is 5.41 Å². The van der Waals surface area contributed by atoms with Crippen LogP contribution < -0.4 is 0 Å². The van der Waals surface area contributed by atoms with Crippen LogP contribution in [-0.2, 0) is 16.0 Å². The molecule has 0 bridgehead atoms. The number of carbonyl (C=O) groups excluding carboxylic acids is 2. The highest BCUT2D eigenvalue weighted by Crippen LogP contribution is 2.40. The molecular formula is C18H28N4O3. The number of amides is 2. The normalized spacial score (nSPS) is 21.6. The van der Waals surface area contributed by atoms with Gasteiger partial charge in [-0.1, -0.05) is 6.92 Å². The minimum absolute atomic E-state index is 0.121. The van der Waals surface area contributed by atoms with Crippen molar-refractivity contribution >= 4 is 11.8 Å². The lowest BCUT2D eigenvalue weighted by Crippen LogP contribution is -2.53. The Bertz CT molecular complexity index is 593. The topological polar surface area (TPSA) is 89.5 Å². The molecule has 1 aromatic rings. The zero-order valence-electron chi connectivity index (χ0n) is 14.9. The number of imidazole rings is 1. The van der Waals surface area contributed by atoms with Gasteiger partial charge in [0.05, 0.1) is 6.33 Å². The Labute approximate surface area is 148 Å². The maximum Gasteiger partial charge on any atom is 0.251 e. The lowest BCUT2D eigenvalue weighted by Gasteiger charge is -2.47. The molecule has 0 aliphatic carbocycles. The van der Waals surface area contributed by atoms with Gasteiger partial charge in [-0.25, -0.2) is 4.98 Å². The number of piperidine rings is 2. The Morgan fingerprint density at radius 2 is 2.16 bits per heavy atom. The van der Waals surface area contributed by atoms with Gasteiger partial charge < -0.3 is 19.9 Å². The minimum atomic E-state index is -0.882. The summed E-state index contributed by atoms with van der Waals surface area (Å²) >= 11 is 0. The van der Waals surface area contributed by atoms with E-state index >= 15 is 0 Å². The van der Waals surface area contributed by atoms with Crippen LogP contribution in [0.25, 0.3) is 0 Å². The van der Waals surface area contributed by atoms with Crippen molar-refractivity contribution in [1.82, 2.24) is 19.8 Å². The van der Waals surface area contributed by atoms with Crippen molar-refractivity contribution in [3.63, 3.8) is 0 Å². The summed E-state index contributed by atoms with van der Waals surface area (Å²) < 4.78 is 0. The summed E-state index contributed by atoms with van der Waals surface area (Å²) in [5, 5.41) is 9.77. The van der Waals surface area contributed by atoms with Crippen LogP contribution in [0.3, 0.4) is 0 Å². The summed E-state index contributed by atoms with van der Waals surface area (Å²) in [6.45, 7) is 4.66. The summed E-state index contributed by atoms with van der Waals surface area (Å²) in [6.07, 6.45) is 7.13. The largest absolute Gasteiger partial charge is 0.383 e. The molecule has 1 aromatic heterocycles. The van der Waals surface area contributed by atoms with Crippen LogP contribution >= 0.6 is 0 Å². The second-order valence-electron chi connectivity index (χ2n) is 7.39. The molecule has 2 fully saturated rings. The number of likely N-dealkylation sites (tertiary alicyclic amines) is 2. The first-order valence-electron chi connectivity index (χ1n) is 9.25. The molecule has 3 heterocycles. The predicted molar refractivity (Wildman–Crippen MR) is 92.7 cm³/mol. The Morgan fingerprint density at radius 1 is 1.40 bits per heavy atom. The molecule has 7 heteroatoms. The Hall–Kier alpha value is -1.89. The quantitative estimate of drug-likeness (QED) is 0.829. The van der Waals surface area contributed by atoms with E-state index in [4.69, 9.17) is 0 Å². The van der Waals surface area contributed by atoms with Gasteiger partial charge in [0.25, 0.3) is 5.91 Å². The molecule has 2 aliphatic heterocycles. The molecule has 0 saturated carbocycles. The molecule has 2 aliphatic rings. The molecule has 1 atom stereocenters. The molecule has 25 heavy (non-hydrogen) atoms. The fourth-order valence-corrected chi connectivity index (χ4v) is 3.98. The van der Waals surface area contributed by atoms with Crippen molar-refractivity contribution in [2.45, 2.75) is 51.6 Å². The number of nitrogens with zero attached hydrogens (tertiary/aromatic N) is 3. The van der Waals surface area contributed by atoms with Crippen molar-refractivity contribution in [2.75, 3.05) is 26.2 Å². The standard InChI is InChI=1S/C18H28N4O3/c1-2-15(23)17(25)21-9-6-18(7-10-21)5-3-16(24)22(12-18)8-4-14-11-19-13-20-14/h11,13,15,23H,2-10,12H2,1H3,(H,19,20). The summed E-state index contributed by atoms with van der Waals surface area (Å²) in [7, 11) is 0. The molecule has 0 aromatic carbocycles. The van der Waals surface area contributed by atoms with Crippen LogP contribution in [0.2, 0.25) is 0 Å². The number of hydrogen-bond acceptors (Lipinski definition) is 4. The average molecular weight is 348 g/mol. The fraction of sp³-hybridized carbons (Fsp3) is 0.722. The van der Waals surface area contributed by atoms with Crippen LogP contribution in [-0.4, -0.2) is 69.0 Å². The van der Waals surface area contributed by atoms with E-state index in [1.807, 2.05) is 11.8 Å². The second-order valence-corrected chi connectivity index (χ2v) is 7.39. The third kappa shape index (κ3) is 4.03. The van der Waals surface area contributed by atoms with Gasteiger partial charge in [0.2, 0.25) is 5.91 Å². The van der Waals surface area contributed by atoms with E-state index in [9.17, 15) is 14.7 Å². The van der Waals surface area contributed by atoms with E-state index in [-0.39, 0.29) is 17.2 Å². The number of rotatable bonds is 5. The van der Waals surface area contributed by atoms with E-state index in [2.05, 4.69) is 9.97 Å². The van der Waals surface area contributed by atoms with E-state index in [0.29, 0.717) is 32.5 Å². The highest BCUT2D eigenvalue weighted by atomic mass is 16.3. The molecular weight excluding hydrogens is 320 g/mol. The summed E-state index contributed by atoms with van der Waals surface area (Å²) in [6, 6.07) is 0. The summed E-state index contributed by atoms with van der Waals surface area (Å²) in [5.41, 5.74) is 1.16. The fourth-order valence-electron chi connectivity index (χ4n) is 3.98. The van der Waals surface area contributed by atoms with E-state index in [1.54, 1.807) is 17.4 Å². The first-order chi connectivity index (χ1) is 12.0. The number of aliphatic hydroxyl groups is 1. The van der Waals surface area contributed by atoms with Crippen molar-refractivity contribution in [1.29, 1.82) is 0 Å². The highest BCUT2D eigenvalue weighted by Gasteiger charge is 2.42. The number of aromatic nitrogens is 2. The van der Waals surface area contributed by atoms with Crippen molar-refractivity contribution in [3.05, 3.63) is 18.2 Å². The molecule has 3 rings (SSSR count). The van der Waals surface area contributed by atoms with Gasteiger partial charge in [-0.2, -0.15) is 0 Å². The summed E-state index contributed by atoms with van der Waals surface area (Å²) in [4.78, 5) is 35.3. The first-order valence-corrected chi connectivity index (χ1v) is 9.25. The molecule has 1 unspecified atom stereocenters. The third-order valence-electron chi connectivity index (χ3n) is 5.76. The lowest BCUT2D eigenvalue weighted by atomic mass is 9.72. The number of carbonyl (C=O) groups is 2. The van der Waals surface area contributed by atoms with Gasteiger partial charge in [-0.05, 0) is 31.1 Å². The number of aliphatic hydroxyl groups excluding tert-OH is 1. The maximum atomic E-state index is 12.3. The highest BCUT2D eigenvalue weighted by molar-refractivity contribution is 5.80. The third-order valence-corrected chi connectivity index (χ3v) is 5.76. The van der Waals surface area contributed by atoms with Gasteiger partial charge in [0.15, 0.2) is 0 Å². The van der Waals surface area contributed by atoms with Crippen LogP contribution in [0.4, 0.5) is 0 Å². The average Bonchev–Trinajstić information content (AvgIpc) is 3.15. The van der Waals surface area contributed by atoms with E-state index < -0.39 is 6.10 Å². The van der Waals surface area contributed by atoms with Crippen molar-refractivity contribution in [3.8, 4) is 0 Å². The van der Waals surface area contributed by atoms with Crippen LogP contribution in [0.1, 0.15) is 44.7 Å². The number of aromatic amines is 1. The summed E-state index contributed by atoms with van der Waals surface area (Å²) in [5.74, 6) is 0.0744. The van der Waals surface area contributed by atoms with Crippen molar-refractivity contribution < 1.29 is 14.7 Å². The SMILES string of the molecule is CCC(O)C(=O)N1CCC2(CCC(=O)N(CCc3cnc[nH]3)C2)CC1. The molecule has 2 saturated heterocycles. The van der Waals surface area contributed by atoms with Crippen LogP contribution in [0.5, 0.6) is 0 Å². The molecule has 2 N–H and O–H groups in total.